The van der Waals surface area contributed by atoms with Crippen LogP contribution in [0.5, 0.6) is 5.75 Å². The molecule has 1 N–H and O–H groups in total. The maximum atomic E-state index is 10.9. The number of likely N-dealkylation sites (N-methyl/N-ethyl adjacent to an activating group) is 1. The highest BCUT2D eigenvalue weighted by atomic mass is 79.9. The minimum Gasteiger partial charge on any atom is -0.481 e. The van der Waals surface area contributed by atoms with E-state index in [-0.39, 0.29) is 23.1 Å². The molecular weight excluding hydrogens is 323 g/mol. The van der Waals surface area contributed by atoms with E-state index in [1.807, 2.05) is 0 Å². The maximum absolute atomic E-state index is 10.9. The van der Waals surface area contributed by atoms with E-state index in [9.17, 15) is 10.1 Å². The van der Waals surface area contributed by atoms with Gasteiger partial charge in [0.25, 0.3) is 0 Å². The molecule has 0 aliphatic carbocycles. The lowest BCUT2D eigenvalue weighted by Crippen LogP contribution is -2.15. The Labute approximate surface area is 118 Å². The van der Waals surface area contributed by atoms with E-state index in [4.69, 9.17) is 16.3 Å². The van der Waals surface area contributed by atoms with Gasteiger partial charge < -0.3 is 10.1 Å². The van der Waals surface area contributed by atoms with E-state index in [2.05, 4.69) is 27.8 Å². The number of nitrogens with zero attached hydrogens (tertiary/aromatic N) is 1. The minimum atomic E-state index is -0.535. The summed E-state index contributed by atoms with van der Waals surface area (Å²) in [5.74, 6) is 0.154. The van der Waals surface area contributed by atoms with E-state index >= 15 is 0 Å². The summed E-state index contributed by atoms with van der Waals surface area (Å²) >= 11 is 8.96. The molecule has 0 atom stereocenters. The third kappa shape index (κ3) is 3.97. The molecule has 0 heterocycles. The largest absolute Gasteiger partial charge is 0.481 e. The Morgan fingerprint density at radius 3 is 2.89 bits per heavy atom. The SMILES string of the molecule is C=C(CNC)COc1c(Br)cc(Cl)cc1[N+](=O)[O-]. The van der Waals surface area contributed by atoms with Crippen LogP contribution < -0.4 is 10.1 Å². The van der Waals surface area contributed by atoms with Gasteiger partial charge in [0.05, 0.1) is 9.40 Å². The number of ether oxygens (including phenoxy) is 1. The maximum Gasteiger partial charge on any atom is 0.313 e. The van der Waals surface area contributed by atoms with Crippen molar-refractivity contribution in [1.82, 2.24) is 5.32 Å². The Bertz CT molecular complexity index is 480. The van der Waals surface area contributed by atoms with Crippen LogP contribution in [-0.4, -0.2) is 25.1 Å². The van der Waals surface area contributed by atoms with E-state index in [1.54, 1.807) is 13.1 Å². The quantitative estimate of drug-likeness (QED) is 0.493. The van der Waals surface area contributed by atoms with E-state index in [1.165, 1.54) is 6.07 Å². The molecule has 0 bridgehead atoms. The van der Waals surface area contributed by atoms with E-state index in [0.717, 1.165) is 5.57 Å². The topological polar surface area (TPSA) is 64.4 Å². The predicted octanol–water partition coefficient (Wildman–Crippen LogP) is 3.17. The van der Waals surface area contributed by atoms with Crippen LogP contribution in [0.15, 0.2) is 28.8 Å². The number of hydrogen-bond donors (Lipinski definition) is 1. The summed E-state index contributed by atoms with van der Waals surface area (Å²) in [7, 11) is 1.78. The van der Waals surface area contributed by atoms with Crippen LogP contribution in [-0.2, 0) is 0 Å². The van der Waals surface area contributed by atoms with Crippen molar-refractivity contribution in [1.29, 1.82) is 0 Å². The van der Waals surface area contributed by atoms with Crippen LogP contribution >= 0.6 is 27.5 Å². The molecule has 0 amide bonds. The Morgan fingerprint density at radius 2 is 2.33 bits per heavy atom. The molecular formula is C11H12BrClN2O3. The highest BCUT2D eigenvalue weighted by Crippen LogP contribution is 2.37. The first-order chi connectivity index (χ1) is 8.45. The monoisotopic (exact) mass is 334 g/mol. The second-order valence-electron chi connectivity index (χ2n) is 3.56. The Kier molecular flexibility index (Phi) is 5.58. The van der Waals surface area contributed by atoms with Gasteiger partial charge in [0.1, 0.15) is 6.61 Å². The predicted molar refractivity (Wildman–Crippen MR) is 74.4 cm³/mol. The van der Waals surface area contributed by atoms with Crippen molar-refractivity contribution < 1.29 is 9.66 Å². The van der Waals surface area contributed by atoms with Crippen LogP contribution in [0.25, 0.3) is 0 Å². The number of nitrogens with one attached hydrogen (secondary N) is 1. The van der Waals surface area contributed by atoms with Crippen LogP contribution in [0.1, 0.15) is 0 Å². The Hall–Kier alpha value is -1.11. The molecule has 18 heavy (non-hydrogen) atoms. The lowest BCUT2D eigenvalue weighted by molar-refractivity contribution is -0.385. The molecule has 98 valence electrons. The lowest BCUT2D eigenvalue weighted by Gasteiger charge is -2.10. The molecule has 0 spiro atoms. The number of halogens is 2. The molecule has 0 saturated heterocycles. The lowest BCUT2D eigenvalue weighted by atomic mass is 10.3. The zero-order valence-electron chi connectivity index (χ0n) is 9.70. The Balaban J connectivity index is 2.93. The fourth-order valence-electron chi connectivity index (χ4n) is 1.30. The number of rotatable bonds is 6. The third-order valence-corrected chi connectivity index (χ3v) is 2.84. The van der Waals surface area contributed by atoms with Crippen LogP contribution in [0, 0.1) is 10.1 Å². The first-order valence-electron chi connectivity index (χ1n) is 5.03. The molecule has 0 radical (unpaired) electrons. The molecule has 0 aliphatic heterocycles. The third-order valence-electron chi connectivity index (χ3n) is 2.03. The summed E-state index contributed by atoms with van der Waals surface area (Å²) in [6.45, 7) is 4.56. The average Bonchev–Trinajstić information content (AvgIpc) is 2.27. The van der Waals surface area contributed by atoms with Gasteiger partial charge in [0.15, 0.2) is 0 Å². The standard InChI is InChI=1S/C11H12BrClN2O3/c1-7(5-14-2)6-18-11-9(12)3-8(13)4-10(11)15(16)17/h3-4,14H,1,5-6H2,2H3. The van der Waals surface area contributed by atoms with Gasteiger partial charge >= 0.3 is 5.69 Å². The fraction of sp³-hybridized carbons (Fsp3) is 0.273. The second kappa shape index (κ2) is 6.72. The van der Waals surface area contributed by atoms with Crippen LogP contribution in [0.2, 0.25) is 5.02 Å². The van der Waals surface area contributed by atoms with Crippen molar-refractivity contribution in [2.45, 2.75) is 0 Å². The molecule has 0 unspecified atom stereocenters. The van der Waals surface area contributed by atoms with Crippen molar-refractivity contribution >= 4 is 33.2 Å². The van der Waals surface area contributed by atoms with Crippen LogP contribution in [0.3, 0.4) is 0 Å². The molecule has 1 aromatic carbocycles. The second-order valence-corrected chi connectivity index (χ2v) is 4.85. The van der Waals surface area contributed by atoms with Gasteiger partial charge in [-0.25, -0.2) is 0 Å². The summed E-state index contributed by atoms with van der Waals surface area (Å²) in [6, 6.07) is 2.80. The number of hydrogen-bond acceptors (Lipinski definition) is 4. The minimum absolute atomic E-state index is 0.154. The first-order valence-corrected chi connectivity index (χ1v) is 6.20. The molecule has 5 nitrogen and oxygen atoms in total. The molecule has 1 aromatic rings. The Morgan fingerprint density at radius 1 is 1.67 bits per heavy atom. The normalized spacial score (nSPS) is 10.2. The highest BCUT2D eigenvalue weighted by Gasteiger charge is 2.20. The van der Waals surface area contributed by atoms with Gasteiger partial charge in [0, 0.05) is 17.6 Å². The van der Waals surface area contributed by atoms with Crippen molar-refractivity contribution in [3.63, 3.8) is 0 Å². The van der Waals surface area contributed by atoms with Gasteiger partial charge in [-0.1, -0.05) is 18.2 Å². The smallest absolute Gasteiger partial charge is 0.313 e. The summed E-state index contributed by atoms with van der Waals surface area (Å²) in [5.41, 5.74) is 0.611. The van der Waals surface area contributed by atoms with Gasteiger partial charge in [-0.2, -0.15) is 0 Å². The number of benzene rings is 1. The van der Waals surface area contributed by atoms with Crippen molar-refractivity contribution in [2.75, 3.05) is 20.2 Å². The van der Waals surface area contributed by atoms with Gasteiger partial charge in [0.2, 0.25) is 5.75 Å². The molecule has 1 rings (SSSR count). The van der Waals surface area contributed by atoms with E-state index < -0.39 is 4.92 Å². The number of nitro groups is 1. The molecule has 0 fully saturated rings. The molecule has 7 heteroatoms. The zero-order chi connectivity index (χ0) is 13.7. The molecule has 0 aromatic heterocycles. The van der Waals surface area contributed by atoms with E-state index in [0.29, 0.717) is 11.0 Å². The average molecular weight is 336 g/mol. The van der Waals surface area contributed by atoms with Gasteiger partial charge in [-0.05, 0) is 34.6 Å². The zero-order valence-corrected chi connectivity index (χ0v) is 12.0. The molecule has 0 aliphatic rings. The summed E-state index contributed by atoms with van der Waals surface area (Å²) < 4.78 is 5.86. The van der Waals surface area contributed by atoms with Gasteiger partial charge in [-0.3, -0.25) is 10.1 Å². The summed E-state index contributed by atoms with van der Waals surface area (Å²) in [6.07, 6.45) is 0. The van der Waals surface area contributed by atoms with Crippen LogP contribution in [0.4, 0.5) is 5.69 Å². The number of nitro benzene ring substituents is 1. The van der Waals surface area contributed by atoms with Crippen molar-refractivity contribution in [3.05, 3.63) is 43.9 Å². The first kappa shape index (κ1) is 14.9. The fourth-order valence-corrected chi connectivity index (χ4v) is 2.21. The molecule has 0 saturated carbocycles. The van der Waals surface area contributed by atoms with Crippen molar-refractivity contribution in [3.8, 4) is 5.75 Å². The summed E-state index contributed by atoms with van der Waals surface area (Å²) in [4.78, 5) is 10.4. The van der Waals surface area contributed by atoms with Gasteiger partial charge in [-0.15, -0.1) is 0 Å². The van der Waals surface area contributed by atoms with Crippen molar-refractivity contribution in [2.24, 2.45) is 0 Å². The summed E-state index contributed by atoms with van der Waals surface area (Å²) in [5, 5.41) is 14.1. The highest BCUT2D eigenvalue weighted by molar-refractivity contribution is 9.10.